The van der Waals surface area contributed by atoms with Gasteiger partial charge in [-0.3, -0.25) is 9.59 Å². The number of benzene rings is 1. The van der Waals surface area contributed by atoms with Crippen LogP contribution >= 0.6 is 15.9 Å². The maximum Gasteiger partial charge on any atom is 0.317 e. The van der Waals surface area contributed by atoms with Crippen LogP contribution in [-0.4, -0.2) is 18.4 Å². The Morgan fingerprint density at radius 2 is 2.29 bits per heavy atom. The predicted molar refractivity (Wildman–Crippen MR) is 62.3 cm³/mol. The molecule has 0 saturated heterocycles. The molecule has 0 fully saturated rings. The van der Waals surface area contributed by atoms with Gasteiger partial charge >= 0.3 is 5.97 Å². The number of hydrogen-bond acceptors (Lipinski definition) is 3. The standard InChI is InChI=1S/C12H10BrFO3/c1-2-17-12(16)8-3-6-4-9(13)10(14)5-7(6)11(8)15/h4-5,8H,2-3H2,1H3. The molecular weight excluding hydrogens is 291 g/mol. The number of hydrogen-bond donors (Lipinski definition) is 0. The number of halogens is 2. The second-order valence-corrected chi connectivity index (χ2v) is 4.65. The predicted octanol–water partition coefficient (Wildman–Crippen LogP) is 2.51. The summed E-state index contributed by atoms with van der Waals surface area (Å²) < 4.78 is 18.4. The summed E-state index contributed by atoms with van der Waals surface area (Å²) in [5, 5.41) is 0. The number of fused-ring (bicyclic) bond motifs is 1. The van der Waals surface area contributed by atoms with E-state index < -0.39 is 17.7 Å². The highest BCUT2D eigenvalue weighted by Gasteiger charge is 2.37. The highest BCUT2D eigenvalue weighted by Crippen LogP contribution is 2.31. The number of carbonyl (C=O) groups is 2. The summed E-state index contributed by atoms with van der Waals surface area (Å²) in [5.74, 6) is -2.21. The van der Waals surface area contributed by atoms with Gasteiger partial charge in [0, 0.05) is 5.56 Å². The minimum atomic E-state index is -0.821. The molecule has 5 heteroatoms. The summed E-state index contributed by atoms with van der Waals surface area (Å²) in [6, 6.07) is 2.71. The van der Waals surface area contributed by atoms with Gasteiger partial charge in [-0.2, -0.15) is 0 Å². The van der Waals surface area contributed by atoms with E-state index in [2.05, 4.69) is 15.9 Å². The Morgan fingerprint density at radius 1 is 1.59 bits per heavy atom. The first kappa shape index (κ1) is 12.2. The molecule has 1 aromatic carbocycles. The number of ether oxygens (including phenoxy) is 1. The molecule has 0 saturated carbocycles. The van der Waals surface area contributed by atoms with E-state index in [0.29, 0.717) is 10.0 Å². The molecule has 3 nitrogen and oxygen atoms in total. The first-order valence-electron chi connectivity index (χ1n) is 5.23. The molecule has 1 atom stereocenters. The summed E-state index contributed by atoms with van der Waals surface area (Å²) in [6.45, 7) is 1.91. The SMILES string of the molecule is CCOC(=O)C1Cc2cc(Br)c(F)cc2C1=O. The molecule has 0 heterocycles. The van der Waals surface area contributed by atoms with Gasteiger partial charge in [-0.1, -0.05) is 0 Å². The topological polar surface area (TPSA) is 43.4 Å². The molecule has 0 aliphatic heterocycles. The minimum absolute atomic E-state index is 0.233. The summed E-state index contributed by atoms with van der Waals surface area (Å²) in [5.41, 5.74) is 0.963. The normalized spacial score (nSPS) is 18.1. The van der Waals surface area contributed by atoms with E-state index in [-0.39, 0.29) is 24.4 Å². The summed E-state index contributed by atoms with van der Waals surface area (Å²) in [7, 11) is 0. The molecule has 1 aromatic rings. The smallest absolute Gasteiger partial charge is 0.317 e. The quantitative estimate of drug-likeness (QED) is 0.623. The third kappa shape index (κ3) is 2.11. The van der Waals surface area contributed by atoms with Crippen molar-refractivity contribution in [3.05, 3.63) is 33.5 Å². The second kappa shape index (κ2) is 4.56. The lowest BCUT2D eigenvalue weighted by Gasteiger charge is -2.05. The van der Waals surface area contributed by atoms with Crippen LogP contribution in [0.3, 0.4) is 0 Å². The fourth-order valence-electron chi connectivity index (χ4n) is 1.92. The first-order valence-corrected chi connectivity index (χ1v) is 6.02. The van der Waals surface area contributed by atoms with Crippen molar-refractivity contribution >= 4 is 27.7 Å². The molecule has 1 aliphatic carbocycles. The highest BCUT2D eigenvalue weighted by atomic mass is 79.9. The lowest BCUT2D eigenvalue weighted by molar-refractivity contribution is -0.145. The van der Waals surface area contributed by atoms with Crippen molar-refractivity contribution in [2.24, 2.45) is 5.92 Å². The van der Waals surface area contributed by atoms with Crippen LogP contribution in [0.4, 0.5) is 4.39 Å². The Balaban J connectivity index is 2.33. The van der Waals surface area contributed by atoms with Gasteiger partial charge in [-0.15, -0.1) is 0 Å². The molecular formula is C12H10BrFO3. The Labute approximate surface area is 106 Å². The van der Waals surface area contributed by atoms with Crippen LogP contribution in [0.15, 0.2) is 16.6 Å². The Bertz CT molecular complexity index is 499. The third-order valence-corrected chi connectivity index (χ3v) is 3.33. The molecule has 1 unspecified atom stereocenters. The van der Waals surface area contributed by atoms with Gasteiger partial charge in [0.1, 0.15) is 11.7 Å². The molecule has 0 radical (unpaired) electrons. The maximum absolute atomic E-state index is 13.3. The highest BCUT2D eigenvalue weighted by molar-refractivity contribution is 9.10. The number of esters is 1. The Hall–Kier alpha value is -1.23. The number of ketones is 1. The van der Waals surface area contributed by atoms with Gasteiger partial charge in [0.25, 0.3) is 0 Å². The van der Waals surface area contributed by atoms with Crippen molar-refractivity contribution in [1.82, 2.24) is 0 Å². The molecule has 0 N–H and O–H groups in total. The van der Waals surface area contributed by atoms with Crippen molar-refractivity contribution < 1.29 is 18.7 Å². The molecule has 1 aliphatic rings. The number of carbonyl (C=O) groups excluding carboxylic acids is 2. The molecule has 17 heavy (non-hydrogen) atoms. The van der Waals surface area contributed by atoms with E-state index in [9.17, 15) is 14.0 Å². The van der Waals surface area contributed by atoms with Crippen LogP contribution in [0, 0.1) is 11.7 Å². The van der Waals surface area contributed by atoms with Gasteiger partial charge in [0.05, 0.1) is 11.1 Å². The van der Waals surface area contributed by atoms with Gasteiger partial charge in [-0.05, 0) is 47.0 Å². The van der Waals surface area contributed by atoms with Crippen molar-refractivity contribution in [2.75, 3.05) is 6.61 Å². The Morgan fingerprint density at radius 3 is 2.94 bits per heavy atom. The van der Waals surface area contributed by atoms with Crippen molar-refractivity contribution in [1.29, 1.82) is 0 Å². The fraction of sp³-hybridized carbons (Fsp3) is 0.333. The molecule has 0 aromatic heterocycles. The lowest BCUT2D eigenvalue weighted by atomic mass is 10.1. The van der Waals surface area contributed by atoms with E-state index in [1.54, 1.807) is 13.0 Å². The summed E-state index contributed by atoms with van der Waals surface area (Å²) in [4.78, 5) is 23.4. The van der Waals surface area contributed by atoms with Gasteiger partial charge in [-0.25, -0.2) is 4.39 Å². The van der Waals surface area contributed by atoms with E-state index >= 15 is 0 Å². The second-order valence-electron chi connectivity index (χ2n) is 3.80. The maximum atomic E-state index is 13.3. The minimum Gasteiger partial charge on any atom is -0.465 e. The van der Waals surface area contributed by atoms with Crippen LogP contribution < -0.4 is 0 Å². The zero-order chi connectivity index (χ0) is 12.6. The molecule has 0 bridgehead atoms. The van der Waals surface area contributed by atoms with Crippen LogP contribution in [0.5, 0.6) is 0 Å². The first-order chi connectivity index (χ1) is 8.04. The van der Waals surface area contributed by atoms with Crippen molar-refractivity contribution in [2.45, 2.75) is 13.3 Å². The summed E-state index contributed by atoms with van der Waals surface area (Å²) in [6.07, 6.45) is 0.284. The molecule has 0 spiro atoms. The van der Waals surface area contributed by atoms with E-state index in [4.69, 9.17) is 4.74 Å². The lowest BCUT2D eigenvalue weighted by Crippen LogP contribution is -2.23. The largest absolute Gasteiger partial charge is 0.465 e. The van der Waals surface area contributed by atoms with Gasteiger partial charge in [0.15, 0.2) is 5.78 Å². The average Bonchev–Trinajstić information content (AvgIpc) is 2.58. The van der Waals surface area contributed by atoms with Crippen LogP contribution in [0.1, 0.15) is 22.8 Å². The fourth-order valence-corrected chi connectivity index (χ4v) is 2.31. The number of Topliss-reactive ketones (excluding diaryl/α,β-unsaturated/α-hetero) is 1. The van der Waals surface area contributed by atoms with Crippen LogP contribution in [0.2, 0.25) is 0 Å². The molecule has 90 valence electrons. The van der Waals surface area contributed by atoms with E-state index in [1.807, 2.05) is 0 Å². The van der Waals surface area contributed by atoms with Crippen LogP contribution in [-0.2, 0) is 16.0 Å². The zero-order valence-corrected chi connectivity index (χ0v) is 10.7. The zero-order valence-electron chi connectivity index (χ0n) is 9.13. The van der Waals surface area contributed by atoms with E-state index in [0.717, 1.165) is 0 Å². The van der Waals surface area contributed by atoms with Gasteiger partial charge in [0.2, 0.25) is 0 Å². The van der Waals surface area contributed by atoms with Gasteiger partial charge < -0.3 is 4.74 Å². The molecule has 0 amide bonds. The average molecular weight is 301 g/mol. The number of rotatable bonds is 2. The monoisotopic (exact) mass is 300 g/mol. The summed E-state index contributed by atoms with van der Waals surface area (Å²) >= 11 is 3.05. The van der Waals surface area contributed by atoms with Crippen molar-refractivity contribution in [3.8, 4) is 0 Å². The van der Waals surface area contributed by atoms with E-state index in [1.165, 1.54) is 6.07 Å². The molecule has 2 rings (SSSR count). The third-order valence-electron chi connectivity index (χ3n) is 2.72. The Kier molecular flexibility index (Phi) is 3.28. The van der Waals surface area contributed by atoms with Crippen LogP contribution in [0.25, 0.3) is 0 Å². The van der Waals surface area contributed by atoms with Crippen molar-refractivity contribution in [3.63, 3.8) is 0 Å².